The quantitative estimate of drug-likeness (QED) is 0.666. The molecule has 162 valence electrons. The summed E-state index contributed by atoms with van der Waals surface area (Å²) in [5, 5.41) is 2.89. The van der Waals surface area contributed by atoms with Gasteiger partial charge in [-0.05, 0) is 49.4 Å². The molecule has 3 aromatic rings. The number of likely N-dealkylation sites (N-methyl/N-ethyl adjacent to an activating group) is 1. The van der Waals surface area contributed by atoms with Crippen molar-refractivity contribution in [3.05, 3.63) is 60.2 Å². The Morgan fingerprint density at radius 2 is 1.74 bits per heavy atom. The lowest BCUT2D eigenvalue weighted by molar-refractivity contribution is -0.141. The maximum absolute atomic E-state index is 12.9. The summed E-state index contributed by atoms with van der Waals surface area (Å²) in [6, 6.07) is 8.66. The number of piperazine rings is 1. The molecule has 0 atom stereocenters. The number of nitrogens with one attached hydrogen (secondary N) is 1. The number of anilines is 3. The Bertz CT molecular complexity index is 1060. The molecule has 31 heavy (non-hydrogen) atoms. The van der Waals surface area contributed by atoms with E-state index in [0.29, 0.717) is 5.69 Å². The van der Waals surface area contributed by atoms with Crippen LogP contribution in [0.2, 0.25) is 0 Å². The molecule has 6 nitrogen and oxygen atoms in total. The first kappa shape index (κ1) is 21.0. The maximum atomic E-state index is 12.9. The van der Waals surface area contributed by atoms with Crippen LogP contribution in [0.3, 0.4) is 0 Å². The molecular weight excluding hydrogens is 405 g/mol. The van der Waals surface area contributed by atoms with Gasteiger partial charge in [-0.3, -0.25) is 4.98 Å². The zero-order chi connectivity index (χ0) is 22.0. The van der Waals surface area contributed by atoms with Gasteiger partial charge in [-0.1, -0.05) is 6.07 Å². The lowest BCUT2D eigenvalue weighted by Gasteiger charge is -2.34. The summed E-state index contributed by atoms with van der Waals surface area (Å²) in [6.45, 7) is 5.81. The Morgan fingerprint density at radius 1 is 0.968 bits per heavy atom. The standard InChI is InChI=1S/C22H23F3N6/c1-15-9-16(17-12-19(14-26-13-17)31-7-5-30(2)6-8-31)11-18(10-15)28-21-27-4-3-20(29-21)22(23,24)25/h3-4,9-14H,5-8H2,1-2H3,(H,27,28,29). The number of halogens is 3. The van der Waals surface area contributed by atoms with E-state index in [9.17, 15) is 13.2 Å². The van der Waals surface area contributed by atoms with Crippen molar-refractivity contribution >= 4 is 17.3 Å². The van der Waals surface area contributed by atoms with Gasteiger partial charge in [0.2, 0.25) is 5.95 Å². The molecule has 2 aromatic heterocycles. The molecule has 0 radical (unpaired) electrons. The largest absolute Gasteiger partial charge is 0.433 e. The monoisotopic (exact) mass is 428 g/mol. The third-order valence-corrected chi connectivity index (χ3v) is 5.21. The van der Waals surface area contributed by atoms with Gasteiger partial charge in [0.05, 0.1) is 11.9 Å². The number of nitrogens with zero attached hydrogens (tertiary/aromatic N) is 5. The van der Waals surface area contributed by atoms with Gasteiger partial charge in [0.15, 0.2) is 0 Å². The van der Waals surface area contributed by atoms with Crippen LogP contribution in [0.25, 0.3) is 11.1 Å². The van der Waals surface area contributed by atoms with E-state index in [-0.39, 0.29) is 5.95 Å². The molecule has 1 saturated heterocycles. The van der Waals surface area contributed by atoms with Crippen molar-refractivity contribution in [3.63, 3.8) is 0 Å². The summed E-state index contributed by atoms with van der Waals surface area (Å²) >= 11 is 0. The second-order valence-electron chi connectivity index (χ2n) is 7.70. The molecule has 9 heteroatoms. The van der Waals surface area contributed by atoms with E-state index in [1.54, 1.807) is 6.20 Å². The van der Waals surface area contributed by atoms with Crippen molar-refractivity contribution in [1.29, 1.82) is 0 Å². The molecule has 1 aromatic carbocycles. The lowest BCUT2D eigenvalue weighted by atomic mass is 10.0. The molecule has 1 fully saturated rings. The number of aromatic nitrogens is 3. The van der Waals surface area contributed by atoms with Crippen LogP contribution in [0.4, 0.5) is 30.5 Å². The Labute approximate surface area is 178 Å². The predicted molar refractivity (Wildman–Crippen MR) is 114 cm³/mol. The fraction of sp³-hybridized carbons (Fsp3) is 0.318. The van der Waals surface area contributed by atoms with Gasteiger partial charge in [-0.25, -0.2) is 9.97 Å². The summed E-state index contributed by atoms with van der Waals surface area (Å²) in [7, 11) is 2.11. The highest BCUT2D eigenvalue weighted by Crippen LogP contribution is 2.30. The molecule has 0 bridgehead atoms. The minimum Gasteiger partial charge on any atom is -0.368 e. The van der Waals surface area contributed by atoms with Crippen LogP contribution in [0.5, 0.6) is 0 Å². The summed E-state index contributed by atoms with van der Waals surface area (Å²) in [5.41, 5.74) is 3.49. The molecule has 0 aliphatic carbocycles. The number of alkyl halides is 3. The third-order valence-electron chi connectivity index (χ3n) is 5.21. The molecule has 0 spiro atoms. The SMILES string of the molecule is Cc1cc(Nc2nccc(C(F)(F)F)n2)cc(-c2cncc(N3CCN(C)CC3)c2)c1. The summed E-state index contributed by atoms with van der Waals surface area (Å²) < 4.78 is 38.8. The van der Waals surface area contributed by atoms with E-state index in [4.69, 9.17) is 0 Å². The Balaban J connectivity index is 1.59. The average molecular weight is 428 g/mol. The smallest absolute Gasteiger partial charge is 0.368 e. The number of aryl methyl sites for hydroxylation is 1. The highest BCUT2D eigenvalue weighted by Gasteiger charge is 2.32. The molecule has 0 amide bonds. The Kier molecular flexibility index (Phi) is 5.77. The first-order chi connectivity index (χ1) is 14.8. The van der Waals surface area contributed by atoms with E-state index in [2.05, 4.69) is 43.2 Å². The van der Waals surface area contributed by atoms with E-state index in [1.807, 2.05) is 31.3 Å². The lowest BCUT2D eigenvalue weighted by Crippen LogP contribution is -2.44. The van der Waals surface area contributed by atoms with Gasteiger partial charge in [0.1, 0.15) is 5.69 Å². The molecule has 3 heterocycles. The van der Waals surface area contributed by atoms with E-state index in [1.165, 1.54) is 0 Å². The number of rotatable bonds is 4. The summed E-state index contributed by atoms with van der Waals surface area (Å²) in [4.78, 5) is 16.5. The van der Waals surface area contributed by atoms with Gasteiger partial charge in [-0.15, -0.1) is 0 Å². The first-order valence-corrected chi connectivity index (χ1v) is 9.96. The first-order valence-electron chi connectivity index (χ1n) is 9.96. The van der Waals surface area contributed by atoms with Crippen LogP contribution in [0, 0.1) is 6.92 Å². The third kappa shape index (κ3) is 5.11. The molecule has 1 aliphatic heterocycles. The zero-order valence-corrected chi connectivity index (χ0v) is 17.3. The average Bonchev–Trinajstić information content (AvgIpc) is 2.73. The van der Waals surface area contributed by atoms with Gasteiger partial charge in [0, 0.05) is 49.8 Å². The number of pyridine rings is 1. The van der Waals surface area contributed by atoms with Gasteiger partial charge in [0.25, 0.3) is 0 Å². The summed E-state index contributed by atoms with van der Waals surface area (Å²) in [5.74, 6) is -0.101. The number of benzene rings is 1. The van der Waals surface area contributed by atoms with E-state index < -0.39 is 11.9 Å². The highest BCUT2D eigenvalue weighted by atomic mass is 19.4. The fourth-order valence-electron chi connectivity index (χ4n) is 3.55. The van der Waals surface area contributed by atoms with Crippen molar-refractivity contribution in [3.8, 4) is 11.1 Å². The van der Waals surface area contributed by atoms with Crippen molar-refractivity contribution in [2.45, 2.75) is 13.1 Å². The summed E-state index contributed by atoms with van der Waals surface area (Å²) in [6.07, 6.45) is 0.226. The van der Waals surface area contributed by atoms with Crippen LogP contribution in [-0.4, -0.2) is 53.1 Å². The second kappa shape index (κ2) is 8.50. The fourth-order valence-corrected chi connectivity index (χ4v) is 3.55. The minimum absolute atomic E-state index is 0.101. The van der Waals surface area contributed by atoms with E-state index in [0.717, 1.165) is 60.8 Å². The highest BCUT2D eigenvalue weighted by molar-refractivity contribution is 5.72. The van der Waals surface area contributed by atoms with Gasteiger partial charge in [-0.2, -0.15) is 13.2 Å². The second-order valence-corrected chi connectivity index (χ2v) is 7.70. The molecule has 1 aliphatic rings. The van der Waals surface area contributed by atoms with Crippen molar-refractivity contribution < 1.29 is 13.2 Å². The van der Waals surface area contributed by atoms with Crippen molar-refractivity contribution in [2.24, 2.45) is 0 Å². The molecule has 1 N–H and O–H groups in total. The van der Waals surface area contributed by atoms with Crippen LogP contribution in [-0.2, 0) is 6.18 Å². The number of hydrogen-bond acceptors (Lipinski definition) is 6. The van der Waals surface area contributed by atoms with Gasteiger partial charge < -0.3 is 15.1 Å². The molecule has 4 rings (SSSR count). The van der Waals surface area contributed by atoms with Crippen LogP contribution in [0.15, 0.2) is 48.9 Å². The molecular formula is C22H23F3N6. The normalized spacial score (nSPS) is 15.2. The predicted octanol–water partition coefficient (Wildman–Crippen LogP) is 4.36. The van der Waals surface area contributed by atoms with Crippen LogP contribution in [0.1, 0.15) is 11.3 Å². The van der Waals surface area contributed by atoms with Gasteiger partial charge >= 0.3 is 6.18 Å². The van der Waals surface area contributed by atoms with Crippen molar-refractivity contribution in [2.75, 3.05) is 43.4 Å². The minimum atomic E-state index is -4.52. The maximum Gasteiger partial charge on any atom is 0.433 e. The zero-order valence-electron chi connectivity index (χ0n) is 17.3. The topological polar surface area (TPSA) is 57.2 Å². The molecule has 0 saturated carbocycles. The van der Waals surface area contributed by atoms with Crippen LogP contribution >= 0.6 is 0 Å². The van der Waals surface area contributed by atoms with E-state index >= 15 is 0 Å². The molecule has 0 unspecified atom stereocenters. The van der Waals surface area contributed by atoms with Crippen LogP contribution < -0.4 is 10.2 Å². The Hall–Kier alpha value is -3.20. The number of hydrogen-bond donors (Lipinski definition) is 1. The van der Waals surface area contributed by atoms with Crippen molar-refractivity contribution in [1.82, 2.24) is 19.9 Å². The Morgan fingerprint density at radius 3 is 2.48 bits per heavy atom.